The topological polar surface area (TPSA) is 63.3 Å². The Morgan fingerprint density at radius 1 is 1.40 bits per heavy atom. The molecule has 3 N–H and O–H groups in total. The first kappa shape index (κ1) is 12.8. The Labute approximate surface area is 96.8 Å². The predicted octanol–water partition coefficient (Wildman–Crippen LogP) is 2.04. The van der Waals surface area contributed by atoms with E-state index in [1.807, 2.05) is 6.92 Å². The fraction of sp³-hybridized carbons (Fsp3) is 0.909. The second kappa shape index (κ2) is 3.11. The number of hydrogen-bond donors (Lipinski definition) is 2. The third-order valence-corrected chi connectivity index (χ3v) is 5.37. The molecule has 4 heteroatoms. The molecule has 2 bridgehead atoms. The first-order chi connectivity index (χ1) is 6.26. The highest BCUT2D eigenvalue weighted by Crippen LogP contribution is 2.68. The quantitative estimate of drug-likeness (QED) is 0.729. The minimum atomic E-state index is -1.00. The van der Waals surface area contributed by atoms with Crippen molar-refractivity contribution in [1.82, 2.24) is 0 Å². The van der Waals surface area contributed by atoms with Crippen LogP contribution in [0.15, 0.2) is 0 Å². The molecule has 15 heavy (non-hydrogen) atoms. The number of halogens is 1. The maximum atomic E-state index is 11.3. The van der Waals surface area contributed by atoms with Crippen LogP contribution in [0, 0.1) is 16.7 Å². The van der Waals surface area contributed by atoms with Crippen LogP contribution in [0.1, 0.15) is 40.0 Å². The van der Waals surface area contributed by atoms with Gasteiger partial charge < -0.3 is 10.8 Å². The molecule has 0 aromatic heterocycles. The molecule has 0 amide bonds. The van der Waals surface area contributed by atoms with Crippen molar-refractivity contribution < 1.29 is 9.90 Å². The summed E-state index contributed by atoms with van der Waals surface area (Å²) in [5, 5.41) is 9.27. The standard InChI is InChI=1S/C11H19NO2.ClH/c1-9(2)7-4-5-10(9,3)11(12,6-7)8(13)14;/h7H,4-6,12H2,1-3H3,(H,13,14);1H. The fourth-order valence-electron chi connectivity index (χ4n) is 3.69. The number of hydrogen-bond acceptors (Lipinski definition) is 2. The molecule has 0 radical (unpaired) electrons. The van der Waals surface area contributed by atoms with Crippen LogP contribution in [-0.4, -0.2) is 16.6 Å². The summed E-state index contributed by atoms with van der Waals surface area (Å²) in [6.45, 7) is 6.39. The molecule has 0 saturated heterocycles. The monoisotopic (exact) mass is 233 g/mol. The lowest BCUT2D eigenvalue weighted by molar-refractivity contribution is -0.149. The molecule has 0 spiro atoms. The summed E-state index contributed by atoms with van der Waals surface area (Å²) in [4.78, 5) is 11.3. The zero-order valence-corrected chi connectivity index (χ0v) is 10.4. The van der Waals surface area contributed by atoms with E-state index in [9.17, 15) is 9.90 Å². The molecule has 3 atom stereocenters. The van der Waals surface area contributed by atoms with Crippen LogP contribution in [0.25, 0.3) is 0 Å². The number of carbonyl (C=O) groups is 1. The van der Waals surface area contributed by atoms with Crippen molar-refractivity contribution in [1.29, 1.82) is 0 Å². The molecule has 2 fully saturated rings. The van der Waals surface area contributed by atoms with E-state index in [4.69, 9.17) is 5.73 Å². The van der Waals surface area contributed by atoms with Crippen LogP contribution in [-0.2, 0) is 4.79 Å². The van der Waals surface area contributed by atoms with Gasteiger partial charge in [-0.05, 0) is 30.6 Å². The summed E-state index contributed by atoms with van der Waals surface area (Å²) in [6.07, 6.45) is 2.73. The van der Waals surface area contributed by atoms with E-state index < -0.39 is 11.5 Å². The maximum absolute atomic E-state index is 11.3. The average Bonchev–Trinajstić information content (AvgIpc) is 2.36. The van der Waals surface area contributed by atoms with Crippen molar-refractivity contribution in [3.63, 3.8) is 0 Å². The minimum absolute atomic E-state index is 0. The van der Waals surface area contributed by atoms with Gasteiger partial charge in [0, 0.05) is 5.41 Å². The molecule has 2 rings (SSSR count). The summed E-state index contributed by atoms with van der Waals surface area (Å²) in [5.74, 6) is -0.344. The third-order valence-electron chi connectivity index (χ3n) is 5.37. The largest absolute Gasteiger partial charge is 0.480 e. The van der Waals surface area contributed by atoms with Gasteiger partial charge in [-0.1, -0.05) is 20.8 Å². The van der Waals surface area contributed by atoms with Crippen molar-refractivity contribution >= 4 is 18.4 Å². The number of carboxylic acids is 1. The molecule has 0 aliphatic heterocycles. The molecule has 0 aromatic carbocycles. The second-order valence-electron chi connectivity index (χ2n) is 5.77. The van der Waals surface area contributed by atoms with E-state index in [1.165, 1.54) is 0 Å². The fourth-order valence-corrected chi connectivity index (χ4v) is 3.69. The minimum Gasteiger partial charge on any atom is -0.480 e. The van der Waals surface area contributed by atoms with Gasteiger partial charge >= 0.3 is 5.97 Å². The summed E-state index contributed by atoms with van der Waals surface area (Å²) < 4.78 is 0. The predicted molar refractivity (Wildman–Crippen MR) is 61.0 cm³/mol. The molecular formula is C11H20ClNO2. The number of nitrogens with two attached hydrogens (primary N) is 1. The van der Waals surface area contributed by atoms with Gasteiger partial charge in [0.2, 0.25) is 0 Å². The van der Waals surface area contributed by atoms with Crippen molar-refractivity contribution in [3.05, 3.63) is 0 Å². The lowest BCUT2D eigenvalue weighted by Crippen LogP contribution is -2.59. The summed E-state index contributed by atoms with van der Waals surface area (Å²) in [6, 6.07) is 0. The van der Waals surface area contributed by atoms with Crippen LogP contribution < -0.4 is 5.73 Å². The van der Waals surface area contributed by atoms with Crippen molar-refractivity contribution in [2.75, 3.05) is 0 Å². The molecule has 88 valence electrons. The first-order valence-corrected chi connectivity index (χ1v) is 5.28. The number of aliphatic carboxylic acids is 1. The number of rotatable bonds is 1. The zero-order valence-electron chi connectivity index (χ0n) is 9.54. The highest BCUT2D eigenvalue weighted by molar-refractivity contribution is 5.85. The highest BCUT2D eigenvalue weighted by atomic mass is 35.5. The molecular weight excluding hydrogens is 214 g/mol. The van der Waals surface area contributed by atoms with Gasteiger partial charge in [-0.15, -0.1) is 12.4 Å². The van der Waals surface area contributed by atoms with Crippen molar-refractivity contribution in [3.8, 4) is 0 Å². The van der Waals surface area contributed by atoms with E-state index >= 15 is 0 Å². The van der Waals surface area contributed by atoms with Gasteiger partial charge in [0.05, 0.1) is 0 Å². The molecule has 3 nitrogen and oxygen atoms in total. The molecule has 2 saturated carbocycles. The summed E-state index contributed by atoms with van der Waals surface area (Å²) in [5.41, 5.74) is 4.93. The van der Waals surface area contributed by atoms with E-state index in [0.717, 1.165) is 12.8 Å². The third kappa shape index (κ3) is 1.14. The Morgan fingerprint density at radius 3 is 2.13 bits per heavy atom. The van der Waals surface area contributed by atoms with Gasteiger partial charge in [0.15, 0.2) is 0 Å². The van der Waals surface area contributed by atoms with E-state index in [1.54, 1.807) is 0 Å². The van der Waals surface area contributed by atoms with Crippen LogP contribution in [0.2, 0.25) is 0 Å². The maximum Gasteiger partial charge on any atom is 0.324 e. The molecule has 3 unspecified atom stereocenters. The SMILES string of the molecule is CC1(C)C2CCC1(C)C(N)(C(=O)O)C2.Cl. The molecule has 2 aliphatic carbocycles. The van der Waals surface area contributed by atoms with E-state index in [0.29, 0.717) is 12.3 Å². The Morgan fingerprint density at radius 2 is 1.93 bits per heavy atom. The number of carboxylic acid groups (broad SMARTS) is 1. The van der Waals surface area contributed by atoms with Gasteiger partial charge in [-0.3, -0.25) is 4.79 Å². The Bertz CT molecular complexity index is 305. The molecule has 0 heterocycles. The average molecular weight is 234 g/mol. The lowest BCUT2D eigenvalue weighted by Gasteiger charge is -2.43. The smallest absolute Gasteiger partial charge is 0.324 e. The first-order valence-electron chi connectivity index (χ1n) is 5.28. The van der Waals surface area contributed by atoms with Crippen LogP contribution in [0.5, 0.6) is 0 Å². The van der Waals surface area contributed by atoms with E-state index in [-0.39, 0.29) is 23.2 Å². The van der Waals surface area contributed by atoms with Crippen LogP contribution in [0.4, 0.5) is 0 Å². The highest BCUT2D eigenvalue weighted by Gasteiger charge is 2.70. The number of fused-ring (bicyclic) bond motifs is 2. The summed E-state index contributed by atoms with van der Waals surface area (Å²) >= 11 is 0. The van der Waals surface area contributed by atoms with Gasteiger partial charge in [0.25, 0.3) is 0 Å². The lowest BCUT2D eigenvalue weighted by atomic mass is 9.63. The van der Waals surface area contributed by atoms with Crippen molar-refractivity contribution in [2.45, 2.75) is 45.6 Å². The van der Waals surface area contributed by atoms with Crippen LogP contribution in [0.3, 0.4) is 0 Å². The van der Waals surface area contributed by atoms with Crippen LogP contribution >= 0.6 is 12.4 Å². The van der Waals surface area contributed by atoms with E-state index in [2.05, 4.69) is 13.8 Å². The zero-order chi connectivity index (χ0) is 10.8. The second-order valence-corrected chi connectivity index (χ2v) is 5.77. The Hall–Kier alpha value is -0.280. The Kier molecular flexibility index (Phi) is 2.65. The molecule has 2 aliphatic rings. The van der Waals surface area contributed by atoms with Gasteiger partial charge in [-0.25, -0.2) is 0 Å². The normalized spacial score (nSPS) is 46.3. The van der Waals surface area contributed by atoms with Gasteiger partial charge in [-0.2, -0.15) is 0 Å². The Balaban J connectivity index is 0.00000112. The molecule has 0 aromatic rings. The van der Waals surface area contributed by atoms with Gasteiger partial charge in [0.1, 0.15) is 5.54 Å². The summed E-state index contributed by atoms with van der Waals surface area (Å²) in [7, 11) is 0. The van der Waals surface area contributed by atoms with Crippen molar-refractivity contribution in [2.24, 2.45) is 22.5 Å².